The molecule has 2 rings (SSSR count). The van der Waals surface area contributed by atoms with E-state index in [2.05, 4.69) is 23.3 Å². The summed E-state index contributed by atoms with van der Waals surface area (Å²) in [4.78, 5) is 2.34. The van der Waals surface area contributed by atoms with E-state index in [9.17, 15) is 0 Å². The van der Waals surface area contributed by atoms with Gasteiger partial charge in [0.1, 0.15) is 5.75 Å². The Hall–Kier alpha value is -1.73. The number of likely N-dealkylation sites (tertiary alicyclic amines) is 1. The predicted octanol–water partition coefficient (Wildman–Crippen LogP) is 2.07. The van der Waals surface area contributed by atoms with Crippen LogP contribution >= 0.6 is 0 Å². The van der Waals surface area contributed by atoms with Gasteiger partial charge < -0.3 is 15.0 Å². The Bertz CT molecular complexity index is 445. The monoisotopic (exact) mass is 245 g/mol. The van der Waals surface area contributed by atoms with E-state index < -0.39 is 0 Å². The van der Waals surface area contributed by atoms with Crippen LogP contribution in [-0.4, -0.2) is 38.2 Å². The van der Waals surface area contributed by atoms with E-state index in [4.69, 9.17) is 10.00 Å². The number of benzene rings is 1. The van der Waals surface area contributed by atoms with Gasteiger partial charge in [0.15, 0.2) is 0 Å². The van der Waals surface area contributed by atoms with E-state index in [1.807, 2.05) is 12.1 Å². The van der Waals surface area contributed by atoms with Gasteiger partial charge in [-0.3, -0.25) is 0 Å². The molecule has 1 N–H and O–H groups in total. The minimum atomic E-state index is 0.489. The minimum Gasteiger partial charge on any atom is -0.495 e. The Morgan fingerprint density at radius 1 is 1.39 bits per heavy atom. The predicted molar refractivity (Wildman–Crippen MR) is 71.9 cm³/mol. The molecule has 0 spiro atoms. The third kappa shape index (κ3) is 2.93. The average molecular weight is 245 g/mol. The third-order valence-electron chi connectivity index (χ3n) is 3.41. The standard InChI is InChI=1S/C14H19N3O/c1-17-7-5-12(6-8-17)16-13-4-3-11(10-15)9-14(13)18-2/h3-4,9,12,16H,5-8H2,1-2H3. The highest BCUT2D eigenvalue weighted by Gasteiger charge is 2.17. The molecule has 0 aliphatic carbocycles. The van der Waals surface area contributed by atoms with Gasteiger partial charge in [-0.15, -0.1) is 0 Å². The minimum absolute atomic E-state index is 0.489. The van der Waals surface area contributed by atoms with E-state index in [0.717, 1.165) is 37.4 Å². The summed E-state index contributed by atoms with van der Waals surface area (Å²) < 4.78 is 5.33. The van der Waals surface area contributed by atoms with Crippen molar-refractivity contribution >= 4 is 5.69 Å². The Morgan fingerprint density at radius 3 is 2.72 bits per heavy atom. The lowest BCUT2D eigenvalue weighted by atomic mass is 10.0. The largest absolute Gasteiger partial charge is 0.495 e. The molecule has 1 saturated heterocycles. The molecule has 1 aromatic carbocycles. The van der Waals surface area contributed by atoms with Crippen LogP contribution in [0.4, 0.5) is 5.69 Å². The van der Waals surface area contributed by atoms with Crippen LogP contribution in [0, 0.1) is 11.3 Å². The van der Waals surface area contributed by atoms with Crippen LogP contribution in [0.25, 0.3) is 0 Å². The maximum atomic E-state index is 8.87. The SMILES string of the molecule is COc1cc(C#N)ccc1NC1CCN(C)CC1. The third-order valence-corrected chi connectivity index (χ3v) is 3.41. The number of rotatable bonds is 3. The number of ether oxygens (including phenoxy) is 1. The maximum Gasteiger partial charge on any atom is 0.143 e. The summed E-state index contributed by atoms with van der Waals surface area (Å²) in [5.41, 5.74) is 1.60. The highest BCUT2D eigenvalue weighted by molar-refractivity contribution is 5.59. The van der Waals surface area contributed by atoms with Crippen LogP contribution in [0.1, 0.15) is 18.4 Å². The number of hydrogen-bond acceptors (Lipinski definition) is 4. The van der Waals surface area contributed by atoms with E-state index >= 15 is 0 Å². The highest BCUT2D eigenvalue weighted by Crippen LogP contribution is 2.27. The van der Waals surface area contributed by atoms with Crippen molar-refractivity contribution < 1.29 is 4.74 Å². The van der Waals surface area contributed by atoms with Crippen molar-refractivity contribution in [2.45, 2.75) is 18.9 Å². The van der Waals surface area contributed by atoms with Crippen molar-refractivity contribution in [2.75, 3.05) is 32.6 Å². The first kappa shape index (κ1) is 12.7. The summed E-state index contributed by atoms with van der Waals surface area (Å²) >= 11 is 0. The van der Waals surface area contributed by atoms with Crippen molar-refractivity contribution in [3.63, 3.8) is 0 Å². The van der Waals surface area contributed by atoms with Crippen molar-refractivity contribution in [3.8, 4) is 11.8 Å². The highest BCUT2D eigenvalue weighted by atomic mass is 16.5. The lowest BCUT2D eigenvalue weighted by Gasteiger charge is -2.30. The van der Waals surface area contributed by atoms with Gasteiger partial charge in [-0.05, 0) is 45.1 Å². The Kier molecular flexibility index (Phi) is 4.06. The summed E-state index contributed by atoms with van der Waals surface area (Å²) in [5, 5.41) is 12.4. The molecule has 0 amide bonds. The van der Waals surface area contributed by atoms with Crippen LogP contribution in [0.2, 0.25) is 0 Å². The molecule has 1 aromatic rings. The molecule has 0 radical (unpaired) electrons. The van der Waals surface area contributed by atoms with Gasteiger partial charge >= 0.3 is 0 Å². The molecule has 1 aliphatic rings. The zero-order valence-corrected chi connectivity index (χ0v) is 10.9. The number of hydrogen-bond donors (Lipinski definition) is 1. The molecule has 0 saturated carbocycles. The molecule has 0 unspecified atom stereocenters. The Morgan fingerprint density at radius 2 is 2.11 bits per heavy atom. The number of methoxy groups -OCH3 is 1. The van der Waals surface area contributed by atoms with Crippen LogP contribution in [0.3, 0.4) is 0 Å². The van der Waals surface area contributed by atoms with E-state index in [0.29, 0.717) is 11.6 Å². The molecule has 0 bridgehead atoms. The van der Waals surface area contributed by atoms with Gasteiger partial charge in [0, 0.05) is 12.1 Å². The summed E-state index contributed by atoms with van der Waals surface area (Å²) in [6, 6.07) is 8.13. The van der Waals surface area contributed by atoms with E-state index in [-0.39, 0.29) is 0 Å². The zero-order chi connectivity index (χ0) is 13.0. The molecular weight excluding hydrogens is 226 g/mol. The molecule has 18 heavy (non-hydrogen) atoms. The molecule has 96 valence electrons. The van der Waals surface area contributed by atoms with E-state index in [1.165, 1.54) is 0 Å². The van der Waals surface area contributed by atoms with Crippen molar-refractivity contribution in [1.82, 2.24) is 4.90 Å². The Balaban J connectivity index is 2.07. The fourth-order valence-corrected chi connectivity index (χ4v) is 2.25. The molecule has 4 heteroatoms. The van der Waals surface area contributed by atoms with E-state index in [1.54, 1.807) is 13.2 Å². The average Bonchev–Trinajstić information content (AvgIpc) is 2.41. The smallest absolute Gasteiger partial charge is 0.143 e. The second-order valence-electron chi connectivity index (χ2n) is 4.75. The van der Waals surface area contributed by atoms with Gasteiger partial charge in [0.05, 0.1) is 24.4 Å². The van der Waals surface area contributed by atoms with Crippen LogP contribution in [0.15, 0.2) is 18.2 Å². The molecule has 1 heterocycles. The zero-order valence-electron chi connectivity index (χ0n) is 10.9. The maximum absolute atomic E-state index is 8.87. The number of piperidine rings is 1. The summed E-state index contributed by atoms with van der Waals surface area (Å²) in [7, 11) is 3.79. The van der Waals surface area contributed by atoms with Crippen molar-refractivity contribution in [3.05, 3.63) is 23.8 Å². The van der Waals surface area contributed by atoms with Gasteiger partial charge in [-0.2, -0.15) is 5.26 Å². The molecule has 1 aliphatic heterocycles. The van der Waals surface area contributed by atoms with Gasteiger partial charge in [-0.25, -0.2) is 0 Å². The van der Waals surface area contributed by atoms with Crippen LogP contribution in [-0.2, 0) is 0 Å². The molecule has 0 atom stereocenters. The van der Waals surface area contributed by atoms with Crippen LogP contribution < -0.4 is 10.1 Å². The molecule has 1 fully saturated rings. The lowest BCUT2D eigenvalue weighted by molar-refractivity contribution is 0.263. The van der Waals surface area contributed by atoms with Gasteiger partial charge in [-0.1, -0.05) is 0 Å². The number of nitrogens with one attached hydrogen (secondary N) is 1. The summed E-state index contributed by atoms with van der Waals surface area (Å²) in [6.07, 6.45) is 2.28. The number of anilines is 1. The summed E-state index contributed by atoms with van der Waals surface area (Å²) in [5.74, 6) is 0.743. The second-order valence-corrected chi connectivity index (χ2v) is 4.75. The number of nitrogens with zero attached hydrogens (tertiary/aromatic N) is 2. The van der Waals surface area contributed by atoms with Crippen molar-refractivity contribution in [1.29, 1.82) is 5.26 Å². The molecule has 0 aromatic heterocycles. The van der Waals surface area contributed by atoms with Gasteiger partial charge in [0.2, 0.25) is 0 Å². The quantitative estimate of drug-likeness (QED) is 0.885. The van der Waals surface area contributed by atoms with Crippen LogP contribution in [0.5, 0.6) is 5.75 Å². The first-order valence-electron chi connectivity index (χ1n) is 6.26. The fraction of sp³-hybridized carbons (Fsp3) is 0.500. The first-order valence-corrected chi connectivity index (χ1v) is 6.26. The van der Waals surface area contributed by atoms with Gasteiger partial charge in [0.25, 0.3) is 0 Å². The second kappa shape index (κ2) is 5.74. The summed E-state index contributed by atoms with van der Waals surface area (Å²) in [6.45, 7) is 2.24. The molecular formula is C14H19N3O. The molecule has 4 nitrogen and oxygen atoms in total. The Labute approximate surface area is 108 Å². The lowest BCUT2D eigenvalue weighted by Crippen LogP contribution is -2.36. The first-order chi connectivity index (χ1) is 8.72. The number of nitriles is 1. The normalized spacial score (nSPS) is 17.2. The fourth-order valence-electron chi connectivity index (χ4n) is 2.25. The topological polar surface area (TPSA) is 48.3 Å². The van der Waals surface area contributed by atoms with Crippen molar-refractivity contribution in [2.24, 2.45) is 0 Å².